The molecule has 0 radical (unpaired) electrons. The van der Waals surface area contributed by atoms with Crippen molar-refractivity contribution in [3.63, 3.8) is 0 Å². The molecule has 0 heterocycles. The van der Waals surface area contributed by atoms with Crippen molar-refractivity contribution in [3.05, 3.63) is 29.3 Å². The fraction of sp³-hybridized carbons (Fsp3) is 0.625. The molecular weight excluding hydrogens is 378 g/mol. The molecule has 6 nitrogen and oxygen atoms in total. The number of nitrogens with one attached hydrogen (secondary N) is 3. The third kappa shape index (κ3) is 4.37. The minimum Gasteiger partial charge on any atom is -0.355 e. The first-order valence-electron chi connectivity index (χ1n) is 11.3. The number of para-hydroxylation sites is 1. The van der Waals surface area contributed by atoms with Crippen molar-refractivity contribution in [3.8, 4) is 0 Å². The molecular formula is C24H33N3O3. The lowest BCUT2D eigenvalue weighted by Crippen LogP contribution is -2.53. The number of carbonyl (C=O) groups excluding carboxylic acids is 3. The maximum atomic E-state index is 12.9. The Balaban J connectivity index is 1.18. The normalized spacial score (nSPS) is 28.8. The minimum atomic E-state index is -0.252. The highest BCUT2D eigenvalue weighted by molar-refractivity contribution is 5.95. The lowest BCUT2D eigenvalue weighted by Gasteiger charge is -2.55. The smallest absolute Gasteiger partial charge is 0.243 e. The van der Waals surface area contributed by atoms with E-state index in [9.17, 15) is 14.4 Å². The molecule has 4 aliphatic rings. The van der Waals surface area contributed by atoms with Gasteiger partial charge in [0.05, 0.1) is 6.54 Å². The molecule has 1 aromatic rings. The van der Waals surface area contributed by atoms with Crippen LogP contribution in [0.15, 0.2) is 18.2 Å². The van der Waals surface area contributed by atoms with E-state index in [0.29, 0.717) is 6.54 Å². The summed E-state index contributed by atoms with van der Waals surface area (Å²) in [6.07, 6.45) is 7.17. The third-order valence-electron chi connectivity index (χ3n) is 7.35. The number of amides is 3. The number of anilines is 1. The molecule has 4 fully saturated rings. The highest BCUT2D eigenvalue weighted by Crippen LogP contribution is 2.60. The van der Waals surface area contributed by atoms with Crippen molar-refractivity contribution in [1.82, 2.24) is 10.6 Å². The van der Waals surface area contributed by atoms with Gasteiger partial charge in [-0.05, 0) is 81.3 Å². The number of benzene rings is 1. The average Bonchev–Trinajstić information content (AvgIpc) is 2.68. The molecule has 4 bridgehead atoms. The highest BCUT2D eigenvalue weighted by atomic mass is 16.2. The second-order valence-electron chi connectivity index (χ2n) is 9.80. The molecule has 0 atom stereocenters. The maximum Gasteiger partial charge on any atom is 0.243 e. The van der Waals surface area contributed by atoms with Crippen molar-refractivity contribution in [1.29, 1.82) is 0 Å². The predicted molar refractivity (Wildman–Crippen MR) is 116 cm³/mol. The topological polar surface area (TPSA) is 87.3 Å². The standard InChI is InChI=1S/C24H33N3O3/c1-15-4-3-5-16(2)22(15)27-21(29)14-26-20(28)6-7-25-23(30)24-11-17-8-18(12-24)10-19(9-17)13-24/h3-5,17-19H,6-14H2,1-2H3,(H,25,30)(H,26,28)(H,27,29). The Labute approximate surface area is 178 Å². The van der Waals surface area contributed by atoms with E-state index < -0.39 is 0 Å². The number of rotatable bonds is 7. The van der Waals surface area contributed by atoms with Crippen LogP contribution < -0.4 is 16.0 Å². The quantitative estimate of drug-likeness (QED) is 0.644. The largest absolute Gasteiger partial charge is 0.355 e. The molecule has 162 valence electrons. The summed E-state index contributed by atoms with van der Waals surface area (Å²) >= 11 is 0. The van der Waals surface area contributed by atoms with Gasteiger partial charge in [-0.25, -0.2) is 0 Å². The summed E-state index contributed by atoms with van der Waals surface area (Å²) in [5.74, 6) is 1.83. The minimum absolute atomic E-state index is 0.0739. The Kier molecular flexibility index (Phi) is 5.85. The van der Waals surface area contributed by atoms with Gasteiger partial charge in [-0.1, -0.05) is 18.2 Å². The second kappa shape index (κ2) is 8.40. The summed E-state index contributed by atoms with van der Waals surface area (Å²) in [6.45, 7) is 4.13. The molecule has 1 aromatic carbocycles. The molecule has 6 heteroatoms. The van der Waals surface area contributed by atoms with Crippen LogP contribution in [0.3, 0.4) is 0 Å². The fourth-order valence-corrected chi connectivity index (χ4v) is 6.33. The number of carbonyl (C=O) groups is 3. The van der Waals surface area contributed by atoms with Gasteiger partial charge in [-0.3, -0.25) is 14.4 Å². The Hall–Kier alpha value is -2.37. The molecule has 0 aliphatic heterocycles. The van der Waals surface area contributed by atoms with Crippen LogP contribution in [-0.2, 0) is 14.4 Å². The SMILES string of the molecule is Cc1cccc(C)c1NC(=O)CNC(=O)CCNC(=O)C12CC3CC(CC(C3)C1)C2. The van der Waals surface area contributed by atoms with E-state index in [0.717, 1.165) is 53.8 Å². The Morgan fingerprint density at radius 3 is 2.03 bits per heavy atom. The van der Waals surface area contributed by atoms with Gasteiger partial charge in [-0.2, -0.15) is 0 Å². The summed E-state index contributed by atoms with van der Waals surface area (Å²) in [5, 5.41) is 8.52. The van der Waals surface area contributed by atoms with Crippen LogP contribution in [0.25, 0.3) is 0 Å². The van der Waals surface area contributed by atoms with E-state index >= 15 is 0 Å². The van der Waals surface area contributed by atoms with E-state index in [1.165, 1.54) is 19.3 Å². The summed E-state index contributed by atoms with van der Waals surface area (Å²) < 4.78 is 0. The first kappa shape index (κ1) is 20.9. The Bertz CT molecular complexity index is 793. The molecule has 4 saturated carbocycles. The molecule has 0 spiro atoms. The van der Waals surface area contributed by atoms with Crippen molar-refractivity contribution in [2.24, 2.45) is 23.2 Å². The van der Waals surface area contributed by atoms with Crippen LogP contribution in [-0.4, -0.2) is 30.8 Å². The molecule has 0 aromatic heterocycles. The zero-order valence-corrected chi connectivity index (χ0v) is 18.1. The average molecular weight is 412 g/mol. The van der Waals surface area contributed by atoms with Gasteiger partial charge in [0, 0.05) is 24.1 Å². The van der Waals surface area contributed by atoms with Crippen molar-refractivity contribution < 1.29 is 14.4 Å². The van der Waals surface area contributed by atoms with Gasteiger partial charge >= 0.3 is 0 Å². The second-order valence-corrected chi connectivity index (χ2v) is 9.80. The van der Waals surface area contributed by atoms with Gasteiger partial charge in [0.2, 0.25) is 17.7 Å². The first-order valence-corrected chi connectivity index (χ1v) is 11.3. The van der Waals surface area contributed by atoms with Crippen LogP contribution in [0.2, 0.25) is 0 Å². The molecule has 3 N–H and O–H groups in total. The fourth-order valence-electron chi connectivity index (χ4n) is 6.33. The Morgan fingerprint density at radius 2 is 1.47 bits per heavy atom. The lowest BCUT2D eigenvalue weighted by molar-refractivity contribution is -0.146. The third-order valence-corrected chi connectivity index (χ3v) is 7.35. The number of aryl methyl sites for hydroxylation is 2. The van der Waals surface area contributed by atoms with E-state index in [2.05, 4.69) is 16.0 Å². The summed E-state index contributed by atoms with van der Waals surface area (Å²) in [4.78, 5) is 37.2. The van der Waals surface area contributed by atoms with Crippen LogP contribution >= 0.6 is 0 Å². The number of hydrogen-bond donors (Lipinski definition) is 3. The molecule has 0 unspecified atom stereocenters. The van der Waals surface area contributed by atoms with Gasteiger partial charge in [-0.15, -0.1) is 0 Å². The lowest BCUT2D eigenvalue weighted by atomic mass is 9.49. The van der Waals surface area contributed by atoms with Gasteiger partial charge in [0.25, 0.3) is 0 Å². The summed E-state index contributed by atoms with van der Waals surface area (Å²) in [6, 6.07) is 5.82. The van der Waals surface area contributed by atoms with E-state index in [-0.39, 0.29) is 36.1 Å². The van der Waals surface area contributed by atoms with E-state index in [4.69, 9.17) is 0 Å². The maximum absolute atomic E-state index is 12.9. The first-order chi connectivity index (χ1) is 14.3. The highest BCUT2D eigenvalue weighted by Gasteiger charge is 2.54. The van der Waals surface area contributed by atoms with Crippen LogP contribution in [0.1, 0.15) is 56.1 Å². The monoisotopic (exact) mass is 411 g/mol. The van der Waals surface area contributed by atoms with Crippen LogP contribution in [0.4, 0.5) is 5.69 Å². The van der Waals surface area contributed by atoms with Gasteiger partial charge in [0.15, 0.2) is 0 Å². The van der Waals surface area contributed by atoms with Crippen molar-refractivity contribution in [2.45, 2.75) is 58.8 Å². The molecule has 5 rings (SSSR count). The van der Waals surface area contributed by atoms with Gasteiger partial charge in [0.1, 0.15) is 0 Å². The van der Waals surface area contributed by atoms with Crippen molar-refractivity contribution >= 4 is 23.4 Å². The number of hydrogen-bond acceptors (Lipinski definition) is 3. The molecule has 0 saturated heterocycles. The van der Waals surface area contributed by atoms with Crippen LogP contribution in [0, 0.1) is 37.0 Å². The van der Waals surface area contributed by atoms with Crippen molar-refractivity contribution in [2.75, 3.05) is 18.4 Å². The Morgan fingerprint density at radius 1 is 0.900 bits per heavy atom. The summed E-state index contributed by atoms with van der Waals surface area (Å²) in [7, 11) is 0. The zero-order valence-electron chi connectivity index (χ0n) is 18.1. The van der Waals surface area contributed by atoms with Gasteiger partial charge < -0.3 is 16.0 Å². The molecule has 3 amide bonds. The zero-order chi connectivity index (χ0) is 21.3. The predicted octanol–water partition coefficient (Wildman–Crippen LogP) is 3.08. The van der Waals surface area contributed by atoms with Crippen LogP contribution in [0.5, 0.6) is 0 Å². The molecule has 4 aliphatic carbocycles. The summed E-state index contributed by atoms with van der Waals surface area (Å²) in [5.41, 5.74) is 2.58. The molecule has 30 heavy (non-hydrogen) atoms. The van der Waals surface area contributed by atoms with E-state index in [1.807, 2.05) is 32.0 Å². The van der Waals surface area contributed by atoms with E-state index in [1.54, 1.807) is 0 Å².